The van der Waals surface area contributed by atoms with Crippen LogP contribution in [0.2, 0.25) is 0 Å². The molecule has 1 rings (SSSR count). The van der Waals surface area contributed by atoms with E-state index >= 15 is 0 Å². The Labute approximate surface area is 206 Å². The first-order valence-corrected chi connectivity index (χ1v) is 12.2. The van der Waals surface area contributed by atoms with Crippen LogP contribution in [0.4, 0.5) is 4.79 Å². The summed E-state index contributed by atoms with van der Waals surface area (Å²) in [6.45, 7) is 20.9. The van der Waals surface area contributed by atoms with Gasteiger partial charge in [-0.05, 0) is 91.3 Å². The topological polar surface area (TPSA) is 87.7 Å². The fourth-order valence-corrected chi connectivity index (χ4v) is 3.74. The Morgan fingerprint density at radius 1 is 0.941 bits per heavy atom. The quantitative estimate of drug-likeness (QED) is 0.523. The van der Waals surface area contributed by atoms with Gasteiger partial charge in [0.25, 0.3) is 0 Å². The third-order valence-corrected chi connectivity index (χ3v) is 5.31. The highest BCUT2D eigenvalue weighted by Crippen LogP contribution is 2.27. The molecule has 0 bridgehead atoms. The second-order valence-corrected chi connectivity index (χ2v) is 11.1. The fourth-order valence-electron chi connectivity index (χ4n) is 3.74. The van der Waals surface area contributed by atoms with E-state index in [-0.39, 0.29) is 29.8 Å². The Balaban J connectivity index is 3.49. The lowest BCUT2D eigenvalue weighted by Crippen LogP contribution is -2.55. The molecule has 0 heterocycles. The van der Waals surface area contributed by atoms with E-state index in [9.17, 15) is 14.4 Å². The van der Waals surface area contributed by atoms with Gasteiger partial charge in [-0.1, -0.05) is 32.0 Å². The molecule has 2 N–H and O–H groups in total. The minimum atomic E-state index is -0.829. The fraction of sp³-hybridized carbons (Fsp3) is 0.667. The van der Waals surface area contributed by atoms with Gasteiger partial charge in [0.05, 0.1) is 0 Å². The highest BCUT2D eigenvalue weighted by molar-refractivity contribution is 5.92. The zero-order valence-electron chi connectivity index (χ0n) is 22.9. The molecule has 0 fully saturated rings. The predicted molar refractivity (Wildman–Crippen MR) is 137 cm³/mol. The van der Waals surface area contributed by atoms with Gasteiger partial charge in [-0.3, -0.25) is 9.59 Å². The number of rotatable bonds is 9. The molecular formula is C27H45N3O4. The van der Waals surface area contributed by atoms with Crippen LogP contribution >= 0.6 is 0 Å². The summed E-state index contributed by atoms with van der Waals surface area (Å²) in [6, 6.07) is 3.80. The van der Waals surface area contributed by atoms with Crippen LogP contribution in [-0.2, 0) is 14.3 Å². The Kier molecular flexibility index (Phi) is 10.6. The van der Waals surface area contributed by atoms with Crippen molar-refractivity contribution >= 4 is 17.9 Å². The molecule has 1 aromatic rings. The number of ether oxygens (including phenoxy) is 1. The van der Waals surface area contributed by atoms with Crippen molar-refractivity contribution in [2.24, 2.45) is 5.92 Å². The normalized spacial score (nSPS) is 13.6. The molecule has 0 spiro atoms. The van der Waals surface area contributed by atoms with Crippen LogP contribution in [0, 0.1) is 19.8 Å². The second-order valence-electron chi connectivity index (χ2n) is 11.1. The largest absolute Gasteiger partial charge is 0.444 e. The van der Waals surface area contributed by atoms with Crippen molar-refractivity contribution in [2.45, 2.75) is 112 Å². The van der Waals surface area contributed by atoms with Crippen molar-refractivity contribution in [3.63, 3.8) is 0 Å². The van der Waals surface area contributed by atoms with Crippen LogP contribution in [0.1, 0.15) is 91.5 Å². The van der Waals surface area contributed by atoms with E-state index < -0.39 is 23.8 Å². The maximum atomic E-state index is 14.0. The van der Waals surface area contributed by atoms with Crippen molar-refractivity contribution in [2.75, 3.05) is 0 Å². The molecule has 7 heteroatoms. The van der Waals surface area contributed by atoms with Crippen LogP contribution in [-0.4, -0.2) is 46.5 Å². The number of amides is 3. The van der Waals surface area contributed by atoms with Crippen molar-refractivity contribution in [1.82, 2.24) is 15.5 Å². The molecule has 0 aliphatic heterocycles. The summed E-state index contributed by atoms with van der Waals surface area (Å²) < 4.78 is 5.41. The Morgan fingerprint density at radius 2 is 1.53 bits per heavy atom. The van der Waals surface area contributed by atoms with Gasteiger partial charge < -0.3 is 20.3 Å². The summed E-state index contributed by atoms with van der Waals surface area (Å²) in [4.78, 5) is 41.5. The summed E-state index contributed by atoms with van der Waals surface area (Å²) >= 11 is 0. The average molecular weight is 476 g/mol. The molecular weight excluding hydrogens is 430 g/mol. The van der Waals surface area contributed by atoms with Crippen molar-refractivity contribution in [3.05, 3.63) is 34.9 Å². The number of alkyl carbamates (subject to hydrolysis) is 1. The van der Waals surface area contributed by atoms with Gasteiger partial charge in [0.15, 0.2) is 0 Å². The summed E-state index contributed by atoms with van der Waals surface area (Å²) in [6.07, 6.45) is -0.225. The monoisotopic (exact) mass is 475 g/mol. The van der Waals surface area contributed by atoms with Crippen LogP contribution in [0.25, 0.3) is 0 Å². The van der Waals surface area contributed by atoms with Crippen molar-refractivity contribution < 1.29 is 19.1 Å². The third kappa shape index (κ3) is 8.99. The second kappa shape index (κ2) is 12.2. The van der Waals surface area contributed by atoms with Gasteiger partial charge in [0.1, 0.15) is 17.7 Å². The Hall–Kier alpha value is -2.57. The van der Waals surface area contributed by atoms with E-state index in [0.29, 0.717) is 6.42 Å². The van der Waals surface area contributed by atoms with Crippen LogP contribution < -0.4 is 10.6 Å². The summed E-state index contributed by atoms with van der Waals surface area (Å²) in [5.74, 6) is -0.417. The number of carbonyl (C=O) groups excluding carboxylic acids is 3. The lowest BCUT2D eigenvalue weighted by molar-refractivity contribution is -0.145. The number of nitrogens with zero attached hydrogens (tertiary/aromatic N) is 1. The molecule has 0 aliphatic carbocycles. The summed E-state index contributed by atoms with van der Waals surface area (Å²) in [5.41, 5.74) is 2.20. The van der Waals surface area contributed by atoms with Crippen LogP contribution in [0.3, 0.4) is 0 Å². The van der Waals surface area contributed by atoms with Gasteiger partial charge in [-0.15, -0.1) is 0 Å². The number of hydrogen-bond acceptors (Lipinski definition) is 4. The molecule has 34 heavy (non-hydrogen) atoms. The zero-order chi connectivity index (χ0) is 26.4. The maximum Gasteiger partial charge on any atom is 0.408 e. The van der Waals surface area contributed by atoms with Gasteiger partial charge in [-0.25, -0.2) is 4.79 Å². The van der Waals surface area contributed by atoms with E-state index in [1.165, 1.54) is 0 Å². The van der Waals surface area contributed by atoms with Crippen LogP contribution in [0.15, 0.2) is 18.2 Å². The molecule has 0 radical (unpaired) electrons. The molecule has 0 saturated carbocycles. The first-order chi connectivity index (χ1) is 15.5. The minimum Gasteiger partial charge on any atom is -0.444 e. The molecule has 2 unspecified atom stereocenters. The number of nitrogens with one attached hydrogen (secondary N) is 2. The van der Waals surface area contributed by atoms with Gasteiger partial charge in [0.2, 0.25) is 11.8 Å². The van der Waals surface area contributed by atoms with E-state index in [1.54, 1.807) is 25.7 Å². The highest BCUT2D eigenvalue weighted by atomic mass is 16.6. The Bertz CT molecular complexity index is 856. The van der Waals surface area contributed by atoms with Crippen molar-refractivity contribution in [1.29, 1.82) is 0 Å². The Morgan fingerprint density at radius 3 is 1.97 bits per heavy atom. The smallest absolute Gasteiger partial charge is 0.408 e. The summed E-state index contributed by atoms with van der Waals surface area (Å²) in [5, 5.41) is 5.73. The number of benzene rings is 1. The predicted octanol–water partition coefficient (Wildman–Crippen LogP) is 5.05. The van der Waals surface area contributed by atoms with Crippen LogP contribution in [0.5, 0.6) is 0 Å². The number of hydrogen-bond donors (Lipinski definition) is 2. The minimum absolute atomic E-state index is 0.0861. The van der Waals surface area contributed by atoms with E-state index in [2.05, 4.69) is 10.6 Å². The molecule has 0 aromatic heterocycles. The molecule has 2 atom stereocenters. The molecule has 0 aliphatic rings. The first kappa shape index (κ1) is 29.5. The zero-order valence-corrected chi connectivity index (χ0v) is 22.9. The van der Waals surface area contributed by atoms with E-state index in [0.717, 1.165) is 16.7 Å². The van der Waals surface area contributed by atoms with Gasteiger partial charge in [0, 0.05) is 12.1 Å². The standard InChI is InChI=1S/C27H45N3O4/c1-16(2)14-22(29-26(33)34-27(9,10)11)25(32)30(18(5)6)23(24(31)28-17(3)4)21-13-12-19(7)20(8)15-21/h12-13,15-18,22-23H,14H2,1-11H3,(H,28,31)(H,29,33). The van der Waals surface area contributed by atoms with E-state index in [1.807, 2.05) is 73.6 Å². The number of aryl methyl sites for hydroxylation is 2. The lowest BCUT2D eigenvalue weighted by Gasteiger charge is -2.38. The van der Waals surface area contributed by atoms with Gasteiger partial charge >= 0.3 is 6.09 Å². The average Bonchev–Trinajstić information content (AvgIpc) is 2.64. The first-order valence-electron chi connectivity index (χ1n) is 12.2. The lowest BCUT2D eigenvalue weighted by atomic mass is 9.95. The van der Waals surface area contributed by atoms with Crippen molar-refractivity contribution in [3.8, 4) is 0 Å². The molecule has 1 aromatic carbocycles. The van der Waals surface area contributed by atoms with E-state index in [4.69, 9.17) is 4.74 Å². The number of carbonyl (C=O) groups is 3. The molecule has 3 amide bonds. The molecule has 7 nitrogen and oxygen atoms in total. The molecule has 0 saturated heterocycles. The molecule has 192 valence electrons. The maximum absolute atomic E-state index is 14.0. The third-order valence-electron chi connectivity index (χ3n) is 5.31. The SMILES string of the molecule is Cc1ccc(C(C(=O)NC(C)C)N(C(=O)C(CC(C)C)NC(=O)OC(C)(C)C)C(C)C)cc1C. The highest BCUT2D eigenvalue weighted by Gasteiger charge is 2.38. The van der Waals surface area contributed by atoms with Gasteiger partial charge in [-0.2, -0.15) is 0 Å². The summed E-state index contributed by atoms with van der Waals surface area (Å²) in [7, 11) is 0.